The van der Waals surface area contributed by atoms with Gasteiger partial charge >= 0.3 is 0 Å². The summed E-state index contributed by atoms with van der Waals surface area (Å²) in [7, 11) is 0. The zero-order valence-corrected chi connectivity index (χ0v) is 17.0. The summed E-state index contributed by atoms with van der Waals surface area (Å²) in [6.45, 7) is 11.8. The van der Waals surface area contributed by atoms with Gasteiger partial charge in [-0.15, -0.1) is 0 Å². The first-order chi connectivity index (χ1) is 11.8. The van der Waals surface area contributed by atoms with Gasteiger partial charge in [-0.05, 0) is 19.8 Å². The fourth-order valence-electron chi connectivity index (χ4n) is 4.07. The van der Waals surface area contributed by atoms with Gasteiger partial charge in [0.2, 0.25) is 0 Å². The Kier molecular flexibility index (Phi) is 21.3. The normalized spacial score (nSPS) is 15.9. The summed E-state index contributed by atoms with van der Waals surface area (Å²) in [6.07, 6.45) is 20.4. The summed E-state index contributed by atoms with van der Waals surface area (Å²) >= 11 is 0. The molecule has 0 amide bonds. The number of likely N-dealkylation sites (N-methyl/N-ethyl adjacent to an activating group) is 1. The van der Waals surface area contributed by atoms with Crippen LogP contribution in [0.25, 0.3) is 0 Å². The maximum absolute atomic E-state index is 5.53. The first kappa shape index (κ1) is 28.1. The summed E-state index contributed by atoms with van der Waals surface area (Å²) < 4.78 is 6.85. The lowest BCUT2D eigenvalue weighted by molar-refractivity contribution is -0.933. The molecule has 26 heavy (non-hydrogen) atoms. The van der Waals surface area contributed by atoms with Crippen LogP contribution in [0, 0.1) is 0 Å². The number of nitrogens with zero attached hydrogens (tertiary/aromatic N) is 1. The SMILES string of the molecule is C.C.CCCCCCCCCCCCCCCC[N+]1(CC)CCOCC1. The van der Waals surface area contributed by atoms with Crippen molar-refractivity contribution in [2.75, 3.05) is 39.4 Å². The molecule has 0 radical (unpaired) electrons. The van der Waals surface area contributed by atoms with Gasteiger partial charge in [0.1, 0.15) is 13.1 Å². The largest absolute Gasteiger partial charge is 0.370 e. The molecule has 1 rings (SSSR count). The van der Waals surface area contributed by atoms with Crippen LogP contribution in [-0.4, -0.2) is 43.9 Å². The van der Waals surface area contributed by atoms with Gasteiger partial charge in [-0.2, -0.15) is 0 Å². The molecule has 0 aliphatic carbocycles. The molecule has 0 saturated carbocycles. The number of morpholine rings is 1. The van der Waals surface area contributed by atoms with Crippen LogP contribution in [0.4, 0.5) is 0 Å². The average Bonchev–Trinajstić information content (AvgIpc) is 2.63. The van der Waals surface area contributed by atoms with Gasteiger partial charge in [0.05, 0.1) is 26.3 Å². The van der Waals surface area contributed by atoms with E-state index >= 15 is 0 Å². The minimum absolute atomic E-state index is 0. The summed E-state index contributed by atoms with van der Waals surface area (Å²) in [5, 5.41) is 0. The van der Waals surface area contributed by atoms with Crippen molar-refractivity contribution < 1.29 is 9.22 Å². The Hall–Kier alpha value is -0.0800. The Bertz CT molecular complexity index is 261. The van der Waals surface area contributed by atoms with Crippen LogP contribution in [0.1, 0.15) is 119 Å². The van der Waals surface area contributed by atoms with Gasteiger partial charge in [-0.1, -0.05) is 98.8 Å². The molecule has 0 aromatic carbocycles. The molecule has 0 bridgehead atoms. The van der Waals surface area contributed by atoms with Crippen LogP contribution in [-0.2, 0) is 4.74 Å². The predicted octanol–water partition coefficient (Wildman–Crippen LogP) is 7.61. The molecule has 2 nitrogen and oxygen atoms in total. The third-order valence-electron chi connectivity index (χ3n) is 6.08. The van der Waals surface area contributed by atoms with Crippen LogP contribution >= 0.6 is 0 Å². The number of quaternary nitrogens is 1. The maximum Gasteiger partial charge on any atom is 0.102 e. The van der Waals surface area contributed by atoms with E-state index in [0.29, 0.717) is 0 Å². The lowest BCUT2D eigenvalue weighted by Gasteiger charge is -2.40. The van der Waals surface area contributed by atoms with E-state index in [1.807, 2.05) is 0 Å². The van der Waals surface area contributed by atoms with E-state index in [0.717, 1.165) is 13.2 Å². The fraction of sp³-hybridized carbons (Fsp3) is 1.00. The number of hydrogen-bond acceptors (Lipinski definition) is 1. The molecule has 160 valence electrons. The van der Waals surface area contributed by atoms with Crippen molar-refractivity contribution in [3.05, 3.63) is 0 Å². The maximum atomic E-state index is 5.53. The van der Waals surface area contributed by atoms with Crippen LogP contribution in [0.2, 0.25) is 0 Å². The molecule has 1 heterocycles. The molecule has 0 aromatic rings. The molecular weight excluding hydrogens is 318 g/mol. The van der Waals surface area contributed by atoms with Crippen LogP contribution in [0.15, 0.2) is 0 Å². The third kappa shape index (κ3) is 14.0. The van der Waals surface area contributed by atoms with Crippen molar-refractivity contribution >= 4 is 0 Å². The zero-order valence-electron chi connectivity index (χ0n) is 17.0. The highest BCUT2D eigenvalue weighted by molar-refractivity contribution is 4.52. The van der Waals surface area contributed by atoms with Crippen LogP contribution in [0.5, 0.6) is 0 Å². The number of hydrogen-bond donors (Lipinski definition) is 0. The summed E-state index contributed by atoms with van der Waals surface area (Å²) in [6, 6.07) is 0. The molecule has 2 heteroatoms. The molecule has 1 aliphatic heterocycles. The highest BCUT2D eigenvalue weighted by Gasteiger charge is 2.27. The van der Waals surface area contributed by atoms with Crippen molar-refractivity contribution in [3.8, 4) is 0 Å². The van der Waals surface area contributed by atoms with Crippen molar-refractivity contribution in [1.29, 1.82) is 0 Å². The van der Waals surface area contributed by atoms with Crippen molar-refractivity contribution in [3.63, 3.8) is 0 Å². The third-order valence-corrected chi connectivity index (χ3v) is 6.08. The minimum atomic E-state index is 0. The number of unbranched alkanes of at least 4 members (excludes halogenated alkanes) is 13. The Morgan fingerprint density at radius 3 is 1.35 bits per heavy atom. The van der Waals surface area contributed by atoms with Gasteiger partial charge in [0, 0.05) is 0 Å². The van der Waals surface area contributed by atoms with E-state index in [1.165, 1.54) is 121 Å². The second-order valence-corrected chi connectivity index (χ2v) is 8.04. The van der Waals surface area contributed by atoms with E-state index < -0.39 is 0 Å². The molecule has 0 aromatic heterocycles. The lowest BCUT2D eigenvalue weighted by Crippen LogP contribution is -2.55. The molecule has 1 fully saturated rings. The van der Waals surface area contributed by atoms with E-state index in [-0.39, 0.29) is 14.9 Å². The molecule has 0 spiro atoms. The predicted molar refractivity (Wildman–Crippen MR) is 120 cm³/mol. The number of rotatable bonds is 16. The van der Waals surface area contributed by atoms with Crippen molar-refractivity contribution in [1.82, 2.24) is 0 Å². The standard InChI is InChI=1S/C22H46NO.2CH4/c1-3-5-6-7-8-9-10-11-12-13-14-15-16-17-18-23(4-2)19-21-24-22-20-23;;/h3-22H2,1-2H3;2*1H4/q+1;;. The quantitative estimate of drug-likeness (QED) is 0.200. The summed E-state index contributed by atoms with van der Waals surface area (Å²) in [4.78, 5) is 0. The first-order valence-corrected chi connectivity index (χ1v) is 11.3. The van der Waals surface area contributed by atoms with Gasteiger partial charge < -0.3 is 9.22 Å². The molecule has 0 atom stereocenters. The van der Waals surface area contributed by atoms with E-state index in [9.17, 15) is 0 Å². The minimum Gasteiger partial charge on any atom is -0.370 e. The van der Waals surface area contributed by atoms with E-state index in [1.54, 1.807) is 0 Å². The van der Waals surface area contributed by atoms with Crippen LogP contribution < -0.4 is 0 Å². The molecular formula is C24H54NO+. The highest BCUT2D eigenvalue weighted by atomic mass is 16.5. The molecule has 1 aliphatic rings. The van der Waals surface area contributed by atoms with Gasteiger partial charge in [-0.25, -0.2) is 0 Å². The van der Waals surface area contributed by atoms with E-state index in [2.05, 4.69) is 13.8 Å². The average molecular weight is 373 g/mol. The second-order valence-electron chi connectivity index (χ2n) is 8.04. The fourth-order valence-corrected chi connectivity index (χ4v) is 4.07. The number of ether oxygens (including phenoxy) is 1. The van der Waals surface area contributed by atoms with Gasteiger partial charge in [0.25, 0.3) is 0 Å². The van der Waals surface area contributed by atoms with Crippen LogP contribution in [0.3, 0.4) is 0 Å². The molecule has 1 saturated heterocycles. The van der Waals surface area contributed by atoms with E-state index in [4.69, 9.17) is 4.74 Å². The molecule has 0 unspecified atom stereocenters. The Labute approximate surface area is 167 Å². The van der Waals surface area contributed by atoms with Crippen molar-refractivity contribution in [2.24, 2.45) is 0 Å². The van der Waals surface area contributed by atoms with Gasteiger partial charge in [-0.3, -0.25) is 0 Å². The summed E-state index contributed by atoms with van der Waals surface area (Å²) in [5.41, 5.74) is 0. The zero-order chi connectivity index (χ0) is 17.3. The summed E-state index contributed by atoms with van der Waals surface area (Å²) in [5.74, 6) is 0. The van der Waals surface area contributed by atoms with Gasteiger partial charge in [0.15, 0.2) is 0 Å². The lowest BCUT2D eigenvalue weighted by atomic mass is 10.0. The monoisotopic (exact) mass is 372 g/mol. The molecule has 0 N–H and O–H groups in total. The first-order valence-electron chi connectivity index (χ1n) is 11.3. The topological polar surface area (TPSA) is 9.23 Å². The Morgan fingerprint density at radius 2 is 0.962 bits per heavy atom. The second kappa shape index (κ2) is 19.7. The van der Waals surface area contributed by atoms with Crippen molar-refractivity contribution in [2.45, 2.75) is 119 Å². The Balaban J connectivity index is 0. The Morgan fingerprint density at radius 1 is 0.577 bits per heavy atom. The smallest absolute Gasteiger partial charge is 0.102 e. The highest BCUT2D eigenvalue weighted by Crippen LogP contribution is 2.16.